The van der Waals surface area contributed by atoms with E-state index in [4.69, 9.17) is 0 Å². The molecule has 2 rings (SSSR count). The number of nitrogens with zero attached hydrogens (tertiary/aromatic N) is 1. The van der Waals surface area contributed by atoms with Crippen LogP contribution in [-0.2, 0) is 0 Å². The smallest absolute Gasteiger partial charge is 0.00964 e. The maximum atomic E-state index is 3.62. The minimum Gasteiger partial charge on any atom is -0.300 e. The van der Waals surface area contributed by atoms with Gasteiger partial charge in [-0.15, -0.1) is 0 Å². The van der Waals surface area contributed by atoms with Gasteiger partial charge in [-0.25, -0.2) is 0 Å². The zero-order valence-electron chi connectivity index (χ0n) is 8.59. The zero-order valence-corrected chi connectivity index (χ0v) is 11.8. The molecular formula is C11H19Br2N. The van der Waals surface area contributed by atoms with Crippen LogP contribution < -0.4 is 0 Å². The summed E-state index contributed by atoms with van der Waals surface area (Å²) in [5, 5.41) is 2.32. The highest BCUT2D eigenvalue weighted by Crippen LogP contribution is 2.33. The van der Waals surface area contributed by atoms with Crippen LogP contribution in [0.5, 0.6) is 0 Å². The Hall–Kier alpha value is 0.920. The molecule has 82 valence electrons. The molecule has 0 amide bonds. The lowest BCUT2D eigenvalue weighted by atomic mass is 9.86. The van der Waals surface area contributed by atoms with E-state index in [1.54, 1.807) is 0 Å². The van der Waals surface area contributed by atoms with Gasteiger partial charge in [-0.3, -0.25) is 0 Å². The van der Waals surface area contributed by atoms with Crippen LogP contribution in [0.3, 0.4) is 0 Å². The monoisotopic (exact) mass is 323 g/mol. The van der Waals surface area contributed by atoms with Gasteiger partial charge in [0.1, 0.15) is 0 Å². The SMILES string of the molecule is BrCC(CBr)C1CCN(C2CC2)CC1. The first kappa shape index (κ1) is 11.4. The van der Waals surface area contributed by atoms with Gasteiger partial charge in [0.05, 0.1) is 0 Å². The highest BCUT2D eigenvalue weighted by molar-refractivity contribution is 9.09. The van der Waals surface area contributed by atoms with Crippen molar-refractivity contribution in [2.24, 2.45) is 11.8 Å². The van der Waals surface area contributed by atoms with Crippen LogP contribution in [-0.4, -0.2) is 34.7 Å². The van der Waals surface area contributed by atoms with Gasteiger partial charge < -0.3 is 4.90 Å². The van der Waals surface area contributed by atoms with E-state index in [2.05, 4.69) is 36.8 Å². The summed E-state index contributed by atoms with van der Waals surface area (Å²) in [6, 6.07) is 0.974. The summed E-state index contributed by atoms with van der Waals surface area (Å²) in [4.78, 5) is 2.70. The molecule has 0 aromatic heterocycles. The van der Waals surface area contributed by atoms with Gasteiger partial charge in [-0.2, -0.15) is 0 Å². The molecule has 2 fully saturated rings. The van der Waals surface area contributed by atoms with E-state index in [0.29, 0.717) is 0 Å². The molecule has 1 nitrogen and oxygen atoms in total. The summed E-state index contributed by atoms with van der Waals surface area (Å²) in [7, 11) is 0. The Morgan fingerprint density at radius 2 is 1.57 bits per heavy atom. The number of likely N-dealkylation sites (tertiary alicyclic amines) is 1. The molecule has 0 spiro atoms. The van der Waals surface area contributed by atoms with Gasteiger partial charge in [0.25, 0.3) is 0 Å². The quantitative estimate of drug-likeness (QED) is 0.717. The molecule has 3 heteroatoms. The molecule has 0 unspecified atom stereocenters. The molecule has 0 aromatic carbocycles. The Kier molecular flexibility index (Phi) is 4.33. The fraction of sp³-hybridized carbons (Fsp3) is 1.00. The Morgan fingerprint density at radius 3 is 2.00 bits per heavy atom. The third kappa shape index (κ3) is 2.73. The first-order valence-corrected chi connectivity index (χ1v) is 7.95. The molecular weight excluding hydrogens is 306 g/mol. The molecule has 0 N–H and O–H groups in total. The molecule has 0 atom stereocenters. The topological polar surface area (TPSA) is 3.24 Å². The Morgan fingerprint density at radius 1 is 1.00 bits per heavy atom. The van der Waals surface area contributed by atoms with E-state index in [0.717, 1.165) is 28.5 Å². The average Bonchev–Trinajstić information content (AvgIpc) is 3.04. The van der Waals surface area contributed by atoms with E-state index < -0.39 is 0 Å². The van der Waals surface area contributed by atoms with Crippen molar-refractivity contribution in [2.45, 2.75) is 31.7 Å². The molecule has 1 aliphatic carbocycles. The van der Waals surface area contributed by atoms with E-state index in [1.807, 2.05) is 0 Å². The molecule has 0 bridgehead atoms. The predicted octanol–water partition coefficient (Wildman–Crippen LogP) is 3.27. The summed E-state index contributed by atoms with van der Waals surface area (Å²) in [6.07, 6.45) is 5.76. The second-order valence-electron chi connectivity index (χ2n) is 4.67. The van der Waals surface area contributed by atoms with Gasteiger partial charge in [0.2, 0.25) is 0 Å². The van der Waals surface area contributed by atoms with Crippen LogP contribution in [0.1, 0.15) is 25.7 Å². The third-order valence-electron chi connectivity index (χ3n) is 3.70. The van der Waals surface area contributed by atoms with Crippen molar-refractivity contribution in [1.82, 2.24) is 4.90 Å². The number of hydrogen-bond donors (Lipinski definition) is 0. The maximum Gasteiger partial charge on any atom is 0.00964 e. The van der Waals surface area contributed by atoms with Crippen molar-refractivity contribution >= 4 is 31.9 Å². The Labute approximate surface area is 104 Å². The van der Waals surface area contributed by atoms with Crippen molar-refractivity contribution in [3.63, 3.8) is 0 Å². The summed E-state index contributed by atoms with van der Waals surface area (Å²) in [6.45, 7) is 2.71. The first-order valence-electron chi connectivity index (χ1n) is 5.71. The largest absolute Gasteiger partial charge is 0.300 e. The van der Waals surface area contributed by atoms with Crippen LogP contribution in [0.4, 0.5) is 0 Å². The second kappa shape index (κ2) is 5.31. The molecule has 14 heavy (non-hydrogen) atoms. The lowest BCUT2D eigenvalue weighted by Gasteiger charge is -2.35. The van der Waals surface area contributed by atoms with E-state index in [1.165, 1.54) is 38.8 Å². The highest BCUT2D eigenvalue weighted by Gasteiger charge is 2.33. The van der Waals surface area contributed by atoms with Gasteiger partial charge in [0, 0.05) is 16.7 Å². The van der Waals surface area contributed by atoms with Gasteiger partial charge in [0.15, 0.2) is 0 Å². The molecule has 1 saturated heterocycles. The summed E-state index contributed by atoms with van der Waals surface area (Å²) >= 11 is 7.25. The Balaban J connectivity index is 1.76. The van der Waals surface area contributed by atoms with Gasteiger partial charge >= 0.3 is 0 Å². The summed E-state index contributed by atoms with van der Waals surface area (Å²) in [5.41, 5.74) is 0. The van der Waals surface area contributed by atoms with Crippen LogP contribution >= 0.6 is 31.9 Å². The zero-order chi connectivity index (χ0) is 9.97. The fourth-order valence-corrected chi connectivity index (χ4v) is 4.62. The van der Waals surface area contributed by atoms with E-state index >= 15 is 0 Å². The van der Waals surface area contributed by atoms with Crippen molar-refractivity contribution in [1.29, 1.82) is 0 Å². The van der Waals surface area contributed by atoms with Crippen LogP contribution in [0, 0.1) is 11.8 Å². The maximum absolute atomic E-state index is 3.62. The first-order chi connectivity index (χ1) is 6.85. The van der Waals surface area contributed by atoms with Crippen LogP contribution in [0.25, 0.3) is 0 Å². The van der Waals surface area contributed by atoms with Gasteiger partial charge in [-0.1, -0.05) is 31.9 Å². The lowest BCUT2D eigenvalue weighted by Crippen LogP contribution is -2.38. The van der Waals surface area contributed by atoms with Crippen LogP contribution in [0.15, 0.2) is 0 Å². The minimum atomic E-state index is 0.844. The van der Waals surface area contributed by atoms with Crippen molar-refractivity contribution in [2.75, 3.05) is 23.7 Å². The normalized spacial score (nSPS) is 25.9. The minimum absolute atomic E-state index is 0.844. The van der Waals surface area contributed by atoms with Crippen molar-refractivity contribution in [3.8, 4) is 0 Å². The van der Waals surface area contributed by atoms with E-state index in [-0.39, 0.29) is 0 Å². The number of halogens is 2. The van der Waals surface area contributed by atoms with Gasteiger partial charge in [-0.05, 0) is 50.6 Å². The molecule has 1 heterocycles. The molecule has 0 radical (unpaired) electrons. The summed E-state index contributed by atoms with van der Waals surface area (Å²) < 4.78 is 0. The van der Waals surface area contributed by atoms with Crippen molar-refractivity contribution in [3.05, 3.63) is 0 Å². The number of hydrogen-bond acceptors (Lipinski definition) is 1. The molecule has 0 aromatic rings. The molecule has 1 aliphatic heterocycles. The fourth-order valence-electron chi connectivity index (χ4n) is 2.49. The van der Waals surface area contributed by atoms with Crippen LogP contribution in [0.2, 0.25) is 0 Å². The lowest BCUT2D eigenvalue weighted by molar-refractivity contribution is 0.154. The standard InChI is InChI=1S/C11H19Br2N/c12-7-10(8-13)9-3-5-14(6-4-9)11-1-2-11/h9-11H,1-8H2. The van der Waals surface area contributed by atoms with Crippen molar-refractivity contribution < 1.29 is 0 Å². The number of rotatable bonds is 4. The van der Waals surface area contributed by atoms with E-state index in [9.17, 15) is 0 Å². The number of piperidine rings is 1. The Bertz CT molecular complexity index is 170. The second-order valence-corrected chi connectivity index (χ2v) is 5.97. The summed E-state index contributed by atoms with van der Waals surface area (Å²) in [5.74, 6) is 1.79. The number of alkyl halides is 2. The average molecular weight is 325 g/mol. The molecule has 1 saturated carbocycles. The third-order valence-corrected chi connectivity index (χ3v) is 5.36. The highest BCUT2D eigenvalue weighted by atomic mass is 79.9. The molecule has 2 aliphatic rings. The predicted molar refractivity (Wildman–Crippen MR) is 68.4 cm³/mol.